The van der Waals surface area contributed by atoms with Crippen LogP contribution >= 0.6 is 0 Å². The van der Waals surface area contributed by atoms with Crippen molar-refractivity contribution in [3.63, 3.8) is 0 Å². The molecule has 0 radical (unpaired) electrons. The molecule has 200 valence electrons. The molecule has 0 bridgehead atoms. The monoisotopic (exact) mass is 536 g/mol. The zero-order chi connectivity index (χ0) is 28.1. The van der Waals surface area contributed by atoms with Gasteiger partial charge in [-0.05, 0) is 54.1 Å². The Bertz CT molecular complexity index is 1600. The predicted octanol–water partition coefficient (Wildman–Crippen LogP) is 6.31. The highest BCUT2D eigenvalue weighted by Gasteiger charge is 2.45. The second kappa shape index (κ2) is 9.54. The fourth-order valence-electron chi connectivity index (χ4n) is 4.63. The van der Waals surface area contributed by atoms with E-state index in [0.29, 0.717) is 22.3 Å². The Morgan fingerprint density at radius 2 is 1.69 bits per heavy atom. The molecule has 1 aromatic heterocycles. The molecular formula is C29H23F3N2O5. The van der Waals surface area contributed by atoms with Crippen molar-refractivity contribution in [1.29, 1.82) is 0 Å². The summed E-state index contributed by atoms with van der Waals surface area (Å²) in [6, 6.07) is 16.3. The molecule has 5 rings (SSSR count). The molecule has 0 aliphatic carbocycles. The minimum absolute atomic E-state index is 0.0790. The second-order valence-electron chi connectivity index (χ2n) is 9.19. The van der Waals surface area contributed by atoms with Gasteiger partial charge in [0.15, 0.2) is 22.9 Å². The molecule has 1 unspecified atom stereocenters. The number of furan rings is 1. The summed E-state index contributed by atoms with van der Waals surface area (Å²) in [5.41, 5.74) is 0.559. The first kappa shape index (κ1) is 25.9. The molecule has 1 N–H and O–H groups in total. The van der Waals surface area contributed by atoms with Gasteiger partial charge in [-0.25, -0.2) is 0 Å². The van der Waals surface area contributed by atoms with Crippen LogP contribution in [0.3, 0.4) is 0 Å². The van der Waals surface area contributed by atoms with Crippen LogP contribution in [0.15, 0.2) is 88.5 Å². The maximum absolute atomic E-state index is 13.8. The lowest BCUT2D eigenvalue weighted by atomic mass is 9.94. The largest absolute Gasteiger partial charge is 0.503 e. The van der Waals surface area contributed by atoms with E-state index < -0.39 is 35.2 Å². The summed E-state index contributed by atoms with van der Waals surface area (Å²) in [5.74, 6) is -2.21. The van der Waals surface area contributed by atoms with Crippen LogP contribution in [0.25, 0.3) is 11.0 Å². The van der Waals surface area contributed by atoms with Gasteiger partial charge >= 0.3 is 6.18 Å². The number of benzene rings is 3. The lowest BCUT2D eigenvalue weighted by Crippen LogP contribution is -2.31. The predicted molar refractivity (Wildman–Crippen MR) is 139 cm³/mol. The van der Waals surface area contributed by atoms with Gasteiger partial charge in [-0.1, -0.05) is 24.3 Å². The van der Waals surface area contributed by atoms with E-state index in [0.717, 1.165) is 34.9 Å². The molecule has 39 heavy (non-hydrogen) atoms. The number of carbonyl (C=O) groups excluding carboxylic acids is 2. The molecule has 0 saturated heterocycles. The number of aliphatic hydroxyl groups excluding tert-OH is 1. The zero-order valence-corrected chi connectivity index (χ0v) is 21.1. The van der Waals surface area contributed by atoms with E-state index in [9.17, 15) is 27.9 Å². The summed E-state index contributed by atoms with van der Waals surface area (Å²) >= 11 is 0. The van der Waals surface area contributed by atoms with Crippen molar-refractivity contribution in [3.05, 3.63) is 101 Å². The average molecular weight is 537 g/mol. The summed E-state index contributed by atoms with van der Waals surface area (Å²) in [6.45, 7) is 0. The summed E-state index contributed by atoms with van der Waals surface area (Å²) in [4.78, 5) is 30.1. The summed E-state index contributed by atoms with van der Waals surface area (Å²) < 4.78 is 50.6. The summed E-state index contributed by atoms with van der Waals surface area (Å²) in [6.07, 6.45) is -4.57. The Morgan fingerprint density at radius 3 is 2.28 bits per heavy atom. The maximum Gasteiger partial charge on any atom is 0.416 e. The van der Waals surface area contributed by atoms with Gasteiger partial charge in [0.1, 0.15) is 0 Å². The van der Waals surface area contributed by atoms with E-state index in [4.69, 9.17) is 9.15 Å². The number of methoxy groups -OCH3 is 1. The molecule has 1 atom stereocenters. The maximum atomic E-state index is 13.8. The topological polar surface area (TPSA) is 83.2 Å². The van der Waals surface area contributed by atoms with Gasteiger partial charge in [-0.15, -0.1) is 0 Å². The molecule has 2 heterocycles. The normalized spacial score (nSPS) is 15.8. The third-order valence-corrected chi connectivity index (χ3v) is 6.60. The van der Waals surface area contributed by atoms with E-state index in [2.05, 4.69) is 0 Å². The Hall–Kier alpha value is -4.73. The third-order valence-electron chi connectivity index (χ3n) is 6.60. The van der Waals surface area contributed by atoms with E-state index in [-0.39, 0.29) is 17.0 Å². The van der Waals surface area contributed by atoms with Crippen molar-refractivity contribution >= 4 is 34.0 Å². The Kier molecular flexibility index (Phi) is 6.33. The van der Waals surface area contributed by atoms with Crippen molar-refractivity contribution in [2.24, 2.45) is 0 Å². The SMILES string of the molecule is COc1cccc2cc(C(=O)C3=C(O)C(=O)N(c4ccc(C(F)(F)F)cc4)C3c3ccc(N(C)C)cc3)oc12. The lowest BCUT2D eigenvalue weighted by molar-refractivity contribution is -0.137. The van der Waals surface area contributed by atoms with E-state index >= 15 is 0 Å². The Morgan fingerprint density at radius 1 is 1.03 bits per heavy atom. The minimum Gasteiger partial charge on any atom is -0.503 e. The zero-order valence-electron chi connectivity index (χ0n) is 21.1. The standard InChI is InChI=1S/C29H23F3N2O5/c1-33(2)19-11-7-16(8-12-19)24-23(25(35)22-15-17-5-4-6-21(38-3)27(17)39-22)26(36)28(37)34(24)20-13-9-18(10-14-20)29(30,31)32/h4-15,24,36H,1-3H3. The number of Topliss-reactive ketones (excluding diaryl/α,β-unsaturated/α-hetero) is 1. The van der Waals surface area contributed by atoms with Crippen molar-refractivity contribution < 1.29 is 37.0 Å². The highest BCUT2D eigenvalue weighted by atomic mass is 19.4. The number of hydrogen-bond acceptors (Lipinski definition) is 6. The molecule has 3 aromatic carbocycles. The fourth-order valence-corrected chi connectivity index (χ4v) is 4.63. The van der Waals surface area contributed by atoms with Gasteiger partial charge in [0.2, 0.25) is 5.78 Å². The van der Waals surface area contributed by atoms with Gasteiger partial charge in [0.05, 0.1) is 24.3 Å². The number of nitrogens with zero attached hydrogens (tertiary/aromatic N) is 2. The Labute approximate surface area is 221 Å². The van der Waals surface area contributed by atoms with Crippen molar-refractivity contribution in [1.82, 2.24) is 0 Å². The quantitative estimate of drug-likeness (QED) is 0.291. The molecular weight excluding hydrogens is 513 g/mol. The van der Waals surface area contributed by atoms with Crippen LogP contribution < -0.4 is 14.5 Å². The molecule has 0 spiro atoms. The highest BCUT2D eigenvalue weighted by molar-refractivity contribution is 6.20. The second-order valence-corrected chi connectivity index (χ2v) is 9.19. The molecule has 0 saturated carbocycles. The number of amides is 1. The number of fused-ring (bicyclic) bond motifs is 1. The minimum atomic E-state index is -4.57. The number of ketones is 1. The molecule has 1 amide bonds. The number of anilines is 2. The first-order valence-electron chi connectivity index (χ1n) is 11.8. The number of rotatable bonds is 6. The van der Waals surface area contributed by atoms with Crippen LogP contribution in [0.4, 0.5) is 24.5 Å². The van der Waals surface area contributed by atoms with Crippen LogP contribution in [0.1, 0.15) is 27.7 Å². The van der Waals surface area contributed by atoms with Crippen LogP contribution in [-0.4, -0.2) is 38.0 Å². The Balaban J connectivity index is 1.63. The van der Waals surface area contributed by atoms with Gasteiger partial charge in [-0.2, -0.15) is 13.2 Å². The van der Waals surface area contributed by atoms with Gasteiger partial charge in [-0.3, -0.25) is 14.5 Å². The van der Waals surface area contributed by atoms with E-state index in [1.165, 1.54) is 13.2 Å². The molecule has 1 aliphatic rings. The number of alkyl halides is 3. The van der Waals surface area contributed by atoms with Crippen LogP contribution in [0.2, 0.25) is 0 Å². The van der Waals surface area contributed by atoms with Gasteiger partial charge in [0.25, 0.3) is 5.91 Å². The highest BCUT2D eigenvalue weighted by Crippen LogP contribution is 2.43. The number of halogens is 3. The average Bonchev–Trinajstić information content (AvgIpc) is 3.47. The number of ether oxygens (including phenoxy) is 1. The fraction of sp³-hybridized carbons (Fsp3) is 0.172. The van der Waals surface area contributed by atoms with E-state index in [1.807, 2.05) is 19.0 Å². The molecule has 0 fully saturated rings. The smallest absolute Gasteiger partial charge is 0.416 e. The number of carbonyl (C=O) groups is 2. The summed E-state index contributed by atoms with van der Waals surface area (Å²) in [5, 5.41) is 11.5. The molecule has 7 nitrogen and oxygen atoms in total. The number of hydrogen-bond donors (Lipinski definition) is 1. The van der Waals surface area contributed by atoms with Crippen molar-refractivity contribution in [2.45, 2.75) is 12.2 Å². The summed E-state index contributed by atoms with van der Waals surface area (Å²) in [7, 11) is 5.15. The van der Waals surface area contributed by atoms with Crippen molar-refractivity contribution in [2.75, 3.05) is 31.0 Å². The number of aliphatic hydroxyl groups is 1. The first-order chi connectivity index (χ1) is 18.5. The van der Waals surface area contributed by atoms with Crippen LogP contribution in [0, 0.1) is 0 Å². The molecule has 4 aromatic rings. The van der Waals surface area contributed by atoms with Crippen molar-refractivity contribution in [3.8, 4) is 5.75 Å². The van der Waals surface area contributed by atoms with Crippen LogP contribution in [-0.2, 0) is 11.0 Å². The third kappa shape index (κ3) is 4.47. The van der Waals surface area contributed by atoms with E-state index in [1.54, 1.807) is 42.5 Å². The first-order valence-corrected chi connectivity index (χ1v) is 11.8. The molecule has 1 aliphatic heterocycles. The molecule has 10 heteroatoms. The lowest BCUT2D eigenvalue weighted by Gasteiger charge is -2.27. The number of para-hydroxylation sites is 1. The van der Waals surface area contributed by atoms with Gasteiger partial charge in [0, 0.05) is 30.9 Å². The van der Waals surface area contributed by atoms with Gasteiger partial charge < -0.3 is 19.2 Å². The van der Waals surface area contributed by atoms with Crippen LogP contribution in [0.5, 0.6) is 5.75 Å².